The van der Waals surface area contributed by atoms with E-state index in [0.717, 1.165) is 49.2 Å². The fraction of sp³-hybridized carbons (Fsp3) is 0.429. The third-order valence-corrected chi connectivity index (χ3v) is 6.70. The number of hydrogen-bond acceptors (Lipinski definition) is 4. The molecular formula is C21H22F3N3O2S. The highest BCUT2D eigenvalue weighted by Gasteiger charge is 2.35. The van der Waals surface area contributed by atoms with Gasteiger partial charge in [0.25, 0.3) is 11.5 Å². The molecule has 4 heterocycles. The molecule has 5 nitrogen and oxygen atoms in total. The lowest BCUT2D eigenvalue weighted by atomic mass is 9.84. The van der Waals surface area contributed by atoms with Crippen LogP contribution in [-0.2, 0) is 6.18 Å². The SMILES string of the molecule is CSc1ccc(C(F)(F)F)cc1-n1cc(C(=O)NC2CN3CCC2CC3)ccc1=O. The zero-order chi connectivity index (χ0) is 21.5. The number of halogens is 3. The maximum atomic E-state index is 13.2. The van der Waals surface area contributed by atoms with Gasteiger partial charge in [0.1, 0.15) is 0 Å². The van der Waals surface area contributed by atoms with Crippen LogP contribution in [0.3, 0.4) is 0 Å². The number of benzene rings is 1. The number of alkyl halides is 3. The maximum Gasteiger partial charge on any atom is 0.416 e. The van der Waals surface area contributed by atoms with Gasteiger partial charge in [0.15, 0.2) is 0 Å². The van der Waals surface area contributed by atoms with Crippen LogP contribution < -0.4 is 10.9 Å². The summed E-state index contributed by atoms with van der Waals surface area (Å²) < 4.78 is 40.7. The topological polar surface area (TPSA) is 54.3 Å². The fourth-order valence-electron chi connectivity index (χ4n) is 4.24. The predicted molar refractivity (Wildman–Crippen MR) is 109 cm³/mol. The molecular weight excluding hydrogens is 415 g/mol. The van der Waals surface area contributed by atoms with Gasteiger partial charge in [-0.15, -0.1) is 11.8 Å². The average Bonchev–Trinajstić information content (AvgIpc) is 2.74. The Morgan fingerprint density at radius 3 is 2.50 bits per heavy atom. The number of carbonyl (C=O) groups excluding carboxylic acids is 1. The van der Waals surface area contributed by atoms with E-state index in [-0.39, 0.29) is 23.2 Å². The smallest absolute Gasteiger partial charge is 0.348 e. The molecule has 3 aliphatic rings. The highest BCUT2D eigenvalue weighted by atomic mass is 32.2. The Morgan fingerprint density at radius 2 is 1.90 bits per heavy atom. The van der Waals surface area contributed by atoms with Crippen molar-refractivity contribution in [2.45, 2.75) is 30.0 Å². The van der Waals surface area contributed by atoms with Gasteiger partial charge in [-0.2, -0.15) is 13.2 Å². The summed E-state index contributed by atoms with van der Waals surface area (Å²) >= 11 is 1.24. The van der Waals surface area contributed by atoms with Gasteiger partial charge in [-0.05, 0) is 62.4 Å². The van der Waals surface area contributed by atoms with E-state index < -0.39 is 17.3 Å². The molecule has 3 aliphatic heterocycles. The van der Waals surface area contributed by atoms with Gasteiger partial charge < -0.3 is 10.2 Å². The second-order valence-electron chi connectivity index (χ2n) is 7.73. The molecule has 1 atom stereocenters. The number of nitrogens with zero attached hydrogens (tertiary/aromatic N) is 2. The standard InChI is InChI=1S/C21H22F3N3O2S/c1-30-18-4-3-15(21(22,23)24)10-17(18)27-11-14(2-5-19(27)28)20(29)25-16-12-26-8-6-13(16)7-9-26/h2-5,10-11,13,16H,6-9,12H2,1H3,(H,25,29). The quantitative estimate of drug-likeness (QED) is 0.745. The van der Waals surface area contributed by atoms with E-state index in [0.29, 0.717) is 10.8 Å². The number of fused-ring (bicyclic) bond motifs is 3. The molecule has 1 aromatic heterocycles. The second-order valence-corrected chi connectivity index (χ2v) is 8.58. The molecule has 9 heteroatoms. The van der Waals surface area contributed by atoms with Crippen molar-refractivity contribution >= 4 is 17.7 Å². The molecule has 3 saturated heterocycles. The number of nitrogens with one attached hydrogen (secondary N) is 1. The van der Waals surface area contributed by atoms with Crippen molar-refractivity contribution in [2.75, 3.05) is 25.9 Å². The van der Waals surface area contributed by atoms with Crippen LogP contribution in [0.5, 0.6) is 0 Å². The zero-order valence-electron chi connectivity index (χ0n) is 16.4. The largest absolute Gasteiger partial charge is 0.416 e. The molecule has 1 N–H and O–H groups in total. The Hall–Kier alpha value is -2.26. The summed E-state index contributed by atoms with van der Waals surface area (Å²) in [6, 6.07) is 5.97. The molecule has 1 unspecified atom stereocenters. The summed E-state index contributed by atoms with van der Waals surface area (Å²) in [4.78, 5) is 28.1. The second kappa shape index (κ2) is 8.11. The minimum Gasteiger partial charge on any atom is -0.348 e. The van der Waals surface area contributed by atoms with E-state index in [1.165, 1.54) is 36.2 Å². The first-order chi connectivity index (χ1) is 14.3. The van der Waals surface area contributed by atoms with Gasteiger partial charge in [0.05, 0.1) is 16.8 Å². The fourth-order valence-corrected chi connectivity index (χ4v) is 4.82. The minimum atomic E-state index is -4.53. The van der Waals surface area contributed by atoms with Gasteiger partial charge in [-0.1, -0.05) is 0 Å². The molecule has 2 aromatic rings. The van der Waals surface area contributed by atoms with Crippen molar-refractivity contribution in [3.63, 3.8) is 0 Å². The molecule has 1 amide bonds. The summed E-state index contributed by atoms with van der Waals surface area (Å²) in [6.07, 6.45) is 0.618. The number of carbonyl (C=O) groups is 1. The Kier molecular flexibility index (Phi) is 5.67. The third kappa shape index (κ3) is 4.13. The number of hydrogen-bond donors (Lipinski definition) is 1. The van der Waals surface area contributed by atoms with Gasteiger partial charge in [-0.3, -0.25) is 14.2 Å². The number of piperidine rings is 3. The Balaban J connectivity index is 1.65. The van der Waals surface area contributed by atoms with E-state index in [4.69, 9.17) is 0 Å². The number of amides is 1. The molecule has 30 heavy (non-hydrogen) atoms. The lowest BCUT2D eigenvalue weighted by Crippen LogP contribution is -2.57. The van der Waals surface area contributed by atoms with Crippen molar-refractivity contribution in [3.8, 4) is 5.69 Å². The van der Waals surface area contributed by atoms with Crippen LogP contribution in [-0.4, -0.2) is 47.3 Å². The molecule has 160 valence electrons. The van der Waals surface area contributed by atoms with E-state index in [2.05, 4.69) is 10.2 Å². The normalized spacial score (nSPS) is 23.4. The van der Waals surface area contributed by atoms with Gasteiger partial charge in [0, 0.05) is 29.7 Å². The first-order valence-electron chi connectivity index (χ1n) is 9.78. The van der Waals surface area contributed by atoms with E-state index in [1.807, 2.05) is 0 Å². The number of rotatable bonds is 4. The number of aromatic nitrogens is 1. The Morgan fingerprint density at radius 1 is 1.17 bits per heavy atom. The van der Waals surface area contributed by atoms with Crippen LogP contribution in [0.2, 0.25) is 0 Å². The summed E-state index contributed by atoms with van der Waals surface area (Å²) in [6.45, 7) is 2.91. The monoisotopic (exact) mass is 437 g/mol. The maximum absolute atomic E-state index is 13.2. The molecule has 3 fully saturated rings. The van der Waals surface area contributed by atoms with E-state index >= 15 is 0 Å². The zero-order valence-corrected chi connectivity index (χ0v) is 17.2. The Bertz CT molecular complexity index is 1010. The summed E-state index contributed by atoms with van der Waals surface area (Å²) in [7, 11) is 0. The number of pyridine rings is 1. The van der Waals surface area contributed by atoms with Crippen LogP contribution in [0.1, 0.15) is 28.8 Å². The highest BCUT2D eigenvalue weighted by molar-refractivity contribution is 7.98. The molecule has 0 radical (unpaired) electrons. The summed E-state index contributed by atoms with van der Waals surface area (Å²) in [5.41, 5.74) is -0.983. The molecule has 2 bridgehead atoms. The van der Waals surface area contributed by atoms with E-state index in [9.17, 15) is 22.8 Å². The van der Waals surface area contributed by atoms with Crippen molar-refractivity contribution < 1.29 is 18.0 Å². The molecule has 1 aromatic carbocycles. The molecule has 0 spiro atoms. The van der Waals surface area contributed by atoms with Crippen LogP contribution in [0, 0.1) is 5.92 Å². The van der Waals surface area contributed by atoms with Gasteiger partial charge in [0.2, 0.25) is 0 Å². The number of thioether (sulfide) groups is 1. The molecule has 5 rings (SSSR count). The lowest BCUT2D eigenvalue weighted by Gasteiger charge is -2.44. The molecule has 0 aliphatic carbocycles. The first kappa shape index (κ1) is 21.0. The Labute approximate surface area is 176 Å². The van der Waals surface area contributed by atoms with E-state index in [1.54, 1.807) is 6.26 Å². The average molecular weight is 437 g/mol. The summed E-state index contributed by atoms with van der Waals surface area (Å²) in [5.74, 6) is 0.122. The minimum absolute atomic E-state index is 0.0516. The van der Waals surface area contributed by atoms with Crippen molar-refractivity contribution in [1.82, 2.24) is 14.8 Å². The van der Waals surface area contributed by atoms with Crippen molar-refractivity contribution in [2.24, 2.45) is 5.92 Å². The van der Waals surface area contributed by atoms with Crippen LogP contribution in [0.25, 0.3) is 5.69 Å². The van der Waals surface area contributed by atoms with Crippen LogP contribution >= 0.6 is 11.8 Å². The first-order valence-corrected chi connectivity index (χ1v) is 11.0. The predicted octanol–water partition coefficient (Wildman–Crippen LogP) is 3.40. The van der Waals surface area contributed by atoms with Gasteiger partial charge >= 0.3 is 6.18 Å². The summed E-state index contributed by atoms with van der Waals surface area (Å²) in [5, 5.41) is 3.05. The lowest BCUT2D eigenvalue weighted by molar-refractivity contribution is -0.137. The van der Waals surface area contributed by atoms with Crippen LogP contribution in [0.4, 0.5) is 13.2 Å². The van der Waals surface area contributed by atoms with Crippen molar-refractivity contribution in [1.29, 1.82) is 0 Å². The van der Waals surface area contributed by atoms with Gasteiger partial charge in [-0.25, -0.2) is 0 Å². The van der Waals surface area contributed by atoms with Crippen molar-refractivity contribution in [3.05, 3.63) is 58.0 Å². The third-order valence-electron chi connectivity index (χ3n) is 5.91. The highest BCUT2D eigenvalue weighted by Crippen LogP contribution is 2.34. The molecule has 0 saturated carbocycles. The van der Waals surface area contributed by atoms with Crippen LogP contribution in [0.15, 0.2) is 46.2 Å².